The van der Waals surface area contributed by atoms with E-state index in [2.05, 4.69) is 20.6 Å². The van der Waals surface area contributed by atoms with Crippen LogP contribution in [0.5, 0.6) is 5.75 Å². The fraction of sp³-hybridized carbons (Fsp3) is 0.0952. The molecule has 32 heavy (non-hydrogen) atoms. The van der Waals surface area contributed by atoms with Gasteiger partial charge in [-0.1, -0.05) is 0 Å². The van der Waals surface area contributed by atoms with E-state index >= 15 is 0 Å². The minimum absolute atomic E-state index is 0.168. The fourth-order valence-electron chi connectivity index (χ4n) is 2.97. The lowest BCUT2D eigenvalue weighted by molar-refractivity contribution is 0.102. The zero-order valence-electron chi connectivity index (χ0n) is 16.5. The molecule has 0 saturated carbocycles. The molecule has 7 nitrogen and oxygen atoms in total. The number of aromatic amines is 1. The lowest BCUT2D eigenvalue weighted by Crippen LogP contribution is -2.12. The molecular weight excluding hydrogens is 430 g/mol. The number of nitrogens with one attached hydrogen (secondary N) is 2. The number of ether oxygens (including phenoxy) is 1. The lowest BCUT2D eigenvalue weighted by Gasteiger charge is -2.06. The van der Waals surface area contributed by atoms with Crippen molar-refractivity contribution in [2.45, 2.75) is 6.54 Å². The van der Waals surface area contributed by atoms with Crippen LogP contribution in [-0.4, -0.2) is 33.0 Å². The van der Waals surface area contributed by atoms with Crippen LogP contribution in [-0.2, 0) is 6.54 Å². The molecular formula is C21H15F4N5O2. The van der Waals surface area contributed by atoms with Gasteiger partial charge in [0.2, 0.25) is 0 Å². The number of anilines is 1. The van der Waals surface area contributed by atoms with E-state index in [4.69, 9.17) is 4.74 Å². The molecule has 0 fully saturated rings. The van der Waals surface area contributed by atoms with Gasteiger partial charge in [0.1, 0.15) is 17.3 Å². The molecule has 11 heteroatoms. The van der Waals surface area contributed by atoms with Crippen molar-refractivity contribution in [3.8, 4) is 17.0 Å². The first kappa shape index (κ1) is 21.1. The summed E-state index contributed by atoms with van der Waals surface area (Å²) in [5, 5.41) is 13.2. The summed E-state index contributed by atoms with van der Waals surface area (Å²) < 4.78 is 60.3. The summed E-state index contributed by atoms with van der Waals surface area (Å²) in [5.74, 6) is -6.11. The molecule has 0 aliphatic rings. The Morgan fingerprint density at radius 3 is 2.56 bits per heavy atom. The van der Waals surface area contributed by atoms with Crippen molar-refractivity contribution in [3.05, 3.63) is 83.3 Å². The van der Waals surface area contributed by atoms with Crippen molar-refractivity contribution in [1.82, 2.24) is 20.0 Å². The van der Waals surface area contributed by atoms with E-state index in [1.54, 1.807) is 37.4 Å². The molecule has 4 rings (SSSR count). The highest BCUT2D eigenvalue weighted by Crippen LogP contribution is 2.22. The molecule has 0 unspecified atom stereocenters. The maximum atomic E-state index is 13.8. The van der Waals surface area contributed by atoms with E-state index in [1.165, 1.54) is 12.4 Å². The molecule has 4 aromatic rings. The maximum absolute atomic E-state index is 13.8. The van der Waals surface area contributed by atoms with Crippen molar-refractivity contribution in [1.29, 1.82) is 0 Å². The predicted molar refractivity (Wildman–Crippen MR) is 106 cm³/mol. The first-order valence-corrected chi connectivity index (χ1v) is 9.21. The molecule has 2 aromatic carbocycles. The van der Waals surface area contributed by atoms with Gasteiger partial charge in [-0.3, -0.25) is 14.6 Å². The number of rotatable bonds is 6. The Bertz CT molecular complexity index is 1280. The van der Waals surface area contributed by atoms with Gasteiger partial charge in [-0.25, -0.2) is 17.6 Å². The molecule has 0 spiro atoms. The number of carbonyl (C=O) groups excluding carboxylic acids is 1. The van der Waals surface area contributed by atoms with E-state index in [0.717, 1.165) is 10.2 Å². The highest BCUT2D eigenvalue weighted by atomic mass is 19.2. The average Bonchev–Trinajstić information content (AvgIpc) is 3.45. The second-order valence-electron chi connectivity index (χ2n) is 6.72. The number of halogens is 4. The lowest BCUT2D eigenvalue weighted by atomic mass is 10.1. The van der Waals surface area contributed by atoms with Crippen molar-refractivity contribution in [2.24, 2.45) is 0 Å². The Morgan fingerprint density at radius 2 is 1.84 bits per heavy atom. The van der Waals surface area contributed by atoms with Crippen LogP contribution < -0.4 is 10.1 Å². The van der Waals surface area contributed by atoms with Gasteiger partial charge in [-0.05, 0) is 30.3 Å². The van der Waals surface area contributed by atoms with E-state index in [0.29, 0.717) is 11.4 Å². The number of aromatic nitrogens is 4. The SMILES string of the molecule is COc1ccc(-c2cc(C(=O)Nc3cnn(Cc4c(F)cc(F)c(F)c4F)c3)[nH]n2)cc1. The second-order valence-corrected chi connectivity index (χ2v) is 6.72. The van der Waals surface area contributed by atoms with Crippen molar-refractivity contribution < 1.29 is 27.1 Å². The Hall–Kier alpha value is -4.15. The Kier molecular flexibility index (Phi) is 5.63. The number of benzene rings is 2. The summed E-state index contributed by atoms with van der Waals surface area (Å²) in [5.41, 5.74) is 1.00. The number of hydrogen-bond donors (Lipinski definition) is 2. The highest BCUT2D eigenvalue weighted by molar-refractivity contribution is 6.03. The van der Waals surface area contributed by atoms with Gasteiger partial charge in [0.05, 0.1) is 31.2 Å². The third-order valence-corrected chi connectivity index (χ3v) is 4.63. The predicted octanol–water partition coefficient (Wildman–Crippen LogP) is 4.14. The number of amides is 1. The number of hydrogen-bond acceptors (Lipinski definition) is 4. The van der Waals surface area contributed by atoms with Crippen molar-refractivity contribution in [2.75, 3.05) is 12.4 Å². The first-order valence-electron chi connectivity index (χ1n) is 9.21. The van der Waals surface area contributed by atoms with Gasteiger partial charge in [0.25, 0.3) is 5.91 Å². The van der Waals surface area contributed by atoms with E-state index < -0.39 is 41.3 Å². The topological polar surface area (TPSA) is 84.8 Å². The minimum Gasteiger partial charge on any atom is -0.497 e. The molecule has 0 aliphatic carbocycles. The summed E-state index contributed by atoms with van der Waals surface area (Å²) in [4.78, 5) is 12.5. The summed E-state index contributed by atoms with van der Waals surface area (Å²) >= 11 is 0. The first-order chi connectivity index (χ1) is 15.4. The molecule has 0 bridgehead atoms. The average molecular weight is 445 g/mol. The van der Waals surface area contributed by atoms with Crippen LogP contribution >= 0.6 is 0 Å². The number of H-pyrrole nitrogens is 1. The van der Waals surface area contributed by atoms with Crippen LogP contribution in [0.2, 0.25) is 0 Å². The van der Waals surface area contributed by atoms with Gasteiger partial charge in [0.15, 0.2) is 17.5 Å². The highest BCUT2D eigenvalue weighted by Gasteiger charge is 2.20. The Balaban J connectivity index is 1.45. The quantitative estimate of drug-likeness (QED) is 0.265. The summed E-state index contributed by atoms with van der Waals surface area (Å²) in [6.07, 6.45) is 2.53. The van der Waals surface area contributed by atoms with E-state index in [1.807, 2.05) is 0 Å². The fourth-order valence-corrected chi connectivity index (χ4v) is 2.97. The van der Waals surface area contributed by atoms with Crippen molar-refractivity contribution >= 4 is 11.6 Å². The van der Waals surface area contributed by atoms with Crippen LogP contribution in [0.15, 0.2) is 48.8 Å². The van der Waals surface area contributed by atoms with Crippen LogP contribution in [0.25, 0.3) is 11.3 Å². The summed E-state index contributed by atoms with van der Waals surface area (Å²) in [6, 6.07) is 8.91. The standard InChI is InChI=1S/C21H15F4N5O2/c1-32-13-4-2-11(3-5-13)17-7-18(29-28-17)21(31)27-12-8-26-30(9-12)10-14-15(22)6-16(23)20(25)19(14)24/h2-9H,10H2,1H3,(H,27,31)(H,28,29). The second kappa shape index (κ2) is 8.53. The molecule has 1 amide bonds. The Morgan fingerprint density at radius 1 is 1.09 bits per heavy atom. The number of nitrogens with zero attached hydrogens (tertiary/aromatic N) is 3. The summed E-state index contributed by atoms with van der Waals surface area (Å²) in [7, 11) is 1.55. The van der Waals surface area contributed by atoms with Gasteiger partial charge < -0.3 is 10.1 Å². The molecule has 0 atom stereocenters. The third kappa shape index (κ3) is 4.17. The third-order valence-electron chi connectivity index (χ3n) is 4.63. The normalized spacial score (nSPS) is 10.9. The van der Waals surface area contributed by atoms with Gasteiger partial charge in [-0.15, -0.1) is 0 Å². The van der Waals surface area contributed by atoms with Crippen LogP contribution in [0.4, 0.5) is 23.2 Å². The van der Waals surface area contributed by atoms with Gasteiger partial charge >= 0.3 is 0 Å². The zero-order chi connectivity index (χ0) is 22.8. The zero-order valence-corrected chi connectivity index (χ0v) is 16.5. The molecule has 0 radical (unpaired) electrons. The molecule has 0 saturated heterocycles. The molecule has 2 heterocycles. The monoisotopic (exact) mass is 445 g/mol. The van der Waals surface area contributed by atoms with E-state index in [-0.39, 0.29) is 17.4 Å². The number of carbonyl (C=O) groups is 1. The van der Waals surface area contributed by atoms with Gasteiger partial charge in [-0.2, -0.15) is 10.2 Å². The molecule has 164 valence electrons. The minimum atomic E-state index is -1.77. The Labute approximate surface area is 178 Å². The van der Waals surface area contributed by atoms with Gasteiger partial charge in [0, 0.05) is 23.4 Å². The molecule has 0 aliphatic heterocycles. The van der Waals surface area contributed by atoms with Crippen LogP contribution in [0, 0.1) is 23.3 Å². The number of methoxy groups -OCH3 is 1. The maximum Gasteiger partial charge on any atom is 0.273 e. The largest absolute Gasteiger partial charge is 0.497 e. The van der Waals surface area contributed by atoms with Crippen molar-refractivity contribution in [3.63, 3.8) is 0 Å². The van der Waals surface area contributed by atoms with E-state index in [9.17, 15) is 22.4 Å². The smallest absolute Gasteiger partial charge is 0.273 e. The summed E-state index contributed by atoms with van der Waals surface area (Å²) in [6.45, 7) is -0.504. The molecule has 2 aromatic heterocycles. The molecule has 2 N–H and O–H groups in total. The van der Waals surface area contributed by atoms with Crippen LogP contribution in [0.3, 0.4) is 0 Å². The van der Waals surface area contributed by atoms with Crippen LogP contribution in [0.1, 0.15) is 16.1 Å².